The zero-order valence-electron chi connectivity index (χ0n) is 15.7. The van der Waals surface area contributed by atoms with Crippen LogP contribution < -0.4 is 15.7 Å². The molecule has 0 aliphatic rings. The average molecular weight is 376 g/mol. The fourth-order valence-electron chi connectivity index (χ4n) is 3.37. The van der Waals surface area contributed by atoms with E-state index < -0.39 is 0 Å². The van der Waals surface area contributed by atoms with Crippen LogP contribution in [0.3, 0.4) is 0 Å². The number of para-hydroxylation sites is 2. The van der Waals surface area contributed by atoms with Gasteiger partial charge in [0.1, 0.15) is 6.54 Å². The number of methoxy groups -OCH3 is 1. The van der Waals surface area contributed by atoms with Crippen LogP contribution in [0, 0.1) is 0 Å². The van der Waals surface area contributed by atoms with Gasteiger partial charge in [-0.15, -0.1) is 0 Å². The number of fused-ring (bicyclic) bond motifs is 2. The quantitative estimate of drug-likeness (QED) is 0.581. The summed E-state index contributed by atoms with van der Waals surface area (Å²) >= 11 is 0. The summed E-state index contributed by atoms with van der Waals surface area (Å²) in [5, 5.41) is 3.75. The van der Waals surface area contributed by atoms with Gasteiger partial charge in [0.15, 0.2) is 0 Å². The lowest BCUT2D eigenvalue weighted by Gasteiger charge is -2.08. The fourth-order valence-corrected chi connectivity index (χ4v) is 3.37. The van der Waals surface area contributed by atoms with Crippen molar-refractivity contribution in [2.75, 3.05) is 12.4 Å². The smallest absolute Gasteiger partial charge is 0.329 e. The Morgan fingerprint density at radius 3 is 2.54 bits per heavy atom. The van der Waals surface area contributed by atoms with Crippen molar-refractivity contribution in [2.45, 2.75) is 20.0 Å². The maximum Gasteiger partial charge on any atom is 0.329 e. The molecule has 0 saturated heterocycles. The summed E-state index contributed by atoms with van der Waals surface area (Å²) in [6.07, 6.45) is 0. The number of carbonyl (C=O) groups excluding carboxylic acids is 1. The van der Waals surface area contributed by atoms with Crippen LogP contribution >= 0.6 is 0 Å². The minimum Gasteiger partial charge on any atom is -0.481 e. The van der Waals surface area contributed by atoms with E-state index >= 15 is 0 Å². The van der Waals surface area contributed by atoms with Crippen molar-refractivity contribution in [3.05, 3.63) is 65.1 Å². The standard InChI is InChI=1S/C21H20N4O3/c1-3-24-17-6-4-5-7-18(17)25(21(24)27)13-19(26)22-15-9-10-16-14(12-15)8-11-20(23-16)28-2/h4-12H,3,13H2,1-2H3,(H,22,26). The van der Waals surface area contributed by atoms with E-state index in [2.05, 4.69) is 10.3 Å². The average Bonchev–Trinajstić information content (AvgIpc) is 2.98. The Morgan fingerprint density at radius 1 is 1.07 bits per heavy atom. The molecule has 1 N–H and O–H groups in total. The zero-order valence-corrected chi connectivity index (χ0v) is 15.7. The molecule has 142 valence electrons. The van der Waals surface area contributed by atoms with Crippen molar-refractivity contribution >= 4 is 33.5 Å². The van der Waals surface area contributed by atoms with E-state index in [0.717, 1.165) is 21.9 Å². The third kappa shape index (κ3) is 3.11. The number of rotatable bonds is 5. The van der Waals surface area contributed by atoms with Gasteiger partial charge in [0.05, 0.1) is 23.7 Å². The highest BCUT2D eigenvalue weighted by atomic mass is 16.5. The first kappa shape index (κ1) is 17.8. The van der Waals surface area contributed by atoms with E-state index in [4.69, 9.17) is 4.74 Å². The second-order valence-corrected chi connectivity index (χ2v) is 6.41. The molecular formula is C21H20N4O3. The number of nitrogens with zero attached hydrogens (tertiary/aromatic N) is 3. The van der Waals surface area contributed by atoms with Gasteiger partial charge in [0, 0.05) is 23.7 Å². The Morgan fingerprint density at radius 2 is 1.82 bits per heavy atom. The number of aromatic nitrogens is 3. The molecule has 1 amide bonds. The Kier molecular flexibility index (Phi) is 4.57. The van der Waals surface area contributed by atoms with Crippen LogP contribution in [-0.2, 0) is 17.9 Å². The highest BCUT2D eigenvalue weighted by Crippen LogP contribution is 2.21. The van der Waals surface area contributed by atoms with Crippen molar-refractivity contribution in [3.63, 3.8) is 0 Å². The molecular weight excluding hydrogens is 356 g/mol. The summed E-state index contributed by atoms with van der Waals surface area (Å²) in [6.45, 7) is 2.41. The largest absolute Gasteiger partial charge is 0.481 e. The predicted molar refractivity (Wildman–Crippen MR) is 109 cm³/mol. The molecule has 4 rings (SSSR count). The van der Waals surface area contributed by atoms with Gasteiger partial charge < -0.3 is 10.1 Å². The summed E-state index contributed by atoms with van der Waals surface area (Å²) < 4.78 is 8.29. The molecule has 0 atom stereocenters. The first-order chi connectivity index (χ1) is 13.6. The topological polar surface area (TPSA) is 78.2 Å². The summed E-state index contributed by atoms with van der Waals surface area (Å²) in [4.78, 5) is 29.6. The summed E-state index contributed by atoms with van der Waals surface area (Å²) in [5.74, 6) is 0.276. The molecule has 2 heterocycles. The van der Waals surface area contributed by atoms with Gasteiger partial charge >= 0.3 is 5.69 Å². The SMILES string of the molecule is CCn1c(=O)n(CC(=O)Nc2ccc3nc(OC)ccc3c2)c2ccccc21. The second kappa shape index (κ2) is 7.19. The molecule has 0 aliphatic carbocycles. The normalized spacial score (nSPS) is 11.1. The zero-order chi connectivity index (χ0) is 19.7. The van der Waals surface area contributed by atoms with Crippen LogP contribution in [0.5, 0.6) is 5.88 Å². The Hall–Kier alpha value is -3.61. The van der Waals surface area contributed by atoms with E-state index in [1.54, 1.807) is 23.8 Å². The van der Waals surface area contributed by atoms with Gasteiger partial charge in [0.2, 0.25) is 11.8 Å². The molecule has 2 aromatic carbocycles. The molecule has 28 heavy (non-hydrogen) atoms. The predicted octanol–water partition coefficient (Wildman–Crippen LogP) is 3.02. The third-order valence-electron chi connectivity index (χ3n) is 4.70. The van der Waals surface area contributed by atoms with E-state index in [-0.39, 0.29) is 18.1 Å². The number of ether oxygens (including phenoxy) is 1. The number of benzene rings is 2. The molecule has 0 fully saturated rings. The lowest BCUT2D eigenvalue weighted by Crippen LogP contribution is -2.29. The third-order valence-corrected chi connectivity index (χ3v) is 4.70. The molecule has 0 radical (unpaired) electrons. The van der Waals surface area contributed by atoms with Gasteiger partial charge in [-0.1, -0.05) is 12.1 Å². The van der Waals surface area contributed by atoms with Gasteiger partial charge in [0.25, 0.3) is 0 Å². The highest BCUT2D eigenvalue weighted by Gasteiger charge is 2.14. The fraction of sp³-hybridized carbons (Fsp3) is 0.190. The molecule has 0 aliphatic heterocycles. The number of pyridine rings is 1. The monoisotopic (exact) mass is 376 g/mol. The number of nitrogens with one attached hydrogen (secondary N) is 1. The first-order valence-electron chi connectivity index (χ1n) is 9.03. The summed E-state index contributed by atoms with van der Waals surface area (Å²) in [7, 11) is 1.57. The van der Waals surface area contributed by atoms with Crippen LogP contribution in [0.4, 0.5) is 5.69 Å². The van der Waals surface area contributed by atoms with Crippen molar-refractivity contribution in [1.29, 1.82) is 0 Å². The minimum absolute atomic E-state index is 0.0504. The molecule has 7 nitrogen and oxygen atoms in total. The summed E-state index contributed by atoms with van der Waals surface area (Å²) in [6, 6.07) is 16.6. The molecule has 0 bridgehead atoms. The minimum atomic E-state index is -0.262. The second-order valence-electron chi connectivity index (χ2n) is 6.41. The Balaban J connectivity index is 1.60. The maximum atomic E-state index is 12.7. The maximum absolute atomic E-state index is 12.7. The van der Waals surface area contributed by atoms with Crippen molar-refractivity contribution in [2.24, 2.45) is 0 Å². The van der Waals surface area contributed by atoms with Crippen molar-refractivity contribution < 1.29 is 9.53 Å². The number of carbonyl (C=O) groups is 1. The van der Waals surface area contributed by atoms with Gasteiger partial charge in [-0.2, -0.15) is 0 Å². The number of hydrogen-bond donors (Lipinski definition) is 1. The van der Waals surface area contributed by atoms with E-state index in [0.29, 0.717) is 18.1 Å². The van der Waals surface area contributed by atoms with Crippen molar-refractivity contribution in [1.82, 2.24) is 14.1 Å². The number of anilines is 1. The number of amides is 1. The number of hydrogen-bond acceptors (Lipinski definition) is 4. The molecule has 4 aromatic rings. The Bertz CT molecular complexity index is 1240. The van der Waals surface area contributed by atoms with Crippen LogP contribution in [0.1, 0.15) is 6.92 Å². The van der Waals surface area contributed by atoms with Gasteiger partial charge in [-0.25, -0.2) is 9.78 Å². The van der Waals surface area contributed by atoms with Crippen LogP contribution in [0.25, 0.3) is 21.9 Å². The molecule has 0 unspecified atom stereocenters. The first-order valence-corrected chi connectivity index (χ1v) is 9.03. The van der Waals surface area contributed by atoms with Crippen molar-refractivity contribution in [3.8, 4) is 5.88 Å². The molecule has 0 spiro atoms. The molecule has 2 aromatic heterocycles. The van der Waals surface area contributed by atoms with Crippen LogP contribution in [0.15, 0.2) is 59.4 Å². The lowest BCUT2D eigenvalue weighted by molar-refractivity contribution is -0.116. The van der Waals surface area contributed by atoms with Gasteiger partial charge in [-0.05, 0) is 43.3 Å². The van der Waals surface area contributed by atoms with E-state index in [1.165, 1.54) is 4.57 Å². The molecule has 0 saturated carbocycles. The highest BCUT2D eigenvalue weighted by molar-refractivity contribution is 5.94. The lowest BCUT2D eigenvalue weighted by atomic mass is 10.2. The van der Waals surface area contributed by atoms with E-state index in [9.17, 15) is 9.59 Å². The number of imidazole rings is 1. The van der Waals surface area contributed by atoms with E-state index in [1.807, 2.05) is 49.4 Å². The van der Waals surface area contributed by atoms with Gasteiger partial charge in [-0.3, -0.25) is 13.9 Å². The van der Waals surface area contributed by atoms with Crippen LogP contribution in [-0.4, -0.2) is 27.1 Å². The van der Waals surface area contributed by atoms with Crippen LogP contribution in [0.2, 0.25) is 0 Å². The number of aryl methyl sites for hydroxylation is 1. The molecule has 7 heteroatoms. The summed E-state index contributed by atoms with van der Waals surface area (Å²) in [5.41, 5.74) is 2.82. The Labute approximate surface area is 161 Å².